The van der Waals surface area contributed by atoms with Crippen molar-refractivity contribution in [3.05, 3.63) is 29.3 Å². The van der Waals surface area contributed by atoms with Crippen molar-refractivity contribution < 1.29 is 14.6 Å². The van der Waals surface area contributed by atoms with Gasteiger partial charge in [-0.2, -0.15) is 0 Å². The molecule has 4 heteroatoms. The molecule has 0 N–H and O–H groups in total. The molecule has 0 unspecified atom stereocenters. The molecule has 0 heterocycles. The van der Waals surface area contributed by atoms with Crippen LogP contribution >= 0.6 is 11.6 Å². The van der Waals surface area contributed by atoms with Gasteiger partial charge in [0.25, 0.3) is 0 Å². The van der Waals surface area contributed by atoms with Gasteiger partial charge in [-0.3, -0.25) is 9.78 Å². The molecule has 0 saturated carbocycles. The van der Waals surface area contributed by atoms with Crippen molar-refractivity contribution in [1.29, 1.82) is 0 Å². The Hall–Kier alpha value is -1.22. The second-order valence-corrected chi connectivity index (χ2v) is 3.79. The van der Waals surface area contributed by atoms with Crippen LogP contribution in [-0.4, -0.2) is 5.97 Å². The molecule has 3 nitrogen and oxygen atoms in total. The molecule has 88 valence electrons. The highest BCUT2D eigenvalue weighted by molar-refractivity contribution is 6.17. The maximum Gasteiger partial charge on any atom is 0.355 e. The van der Waals surface area contributed by atoms with Crippen molar-refractivity contribution in [2.75, 3.05) is 0 Å². The second kappa shape index (κ2) is 6.38. The molecular weight excluding hydrogens is 228 g/mol. The molecule has 0 bridgehead atoms. The Morgan fingerprint density at radius 1 is 1.44 bits per heavy atom. The van der Waals surface area contributed by atoms with Crippen LogP contribution in [0.25, 0.3) is 0 Å². The molecule has 0 amide bonds. The van der Waals surface area contributed by atoms with E-state index in [4.69, 9.17) is 16.5 Å². The SMILES string of the molecule is CCCC(=O)OOc1ccc(CCl)cc1C. The van der Waals surface area contributed by atoms with Gasteiger partial charge in [0.1, 0.15) is 0 Å². The van der Waals surface area contributed by atoms with Crippen molar-refractivity contribution >= 4 is 17.6 Å². The molecule has 0 aliphatic carbocycles. The summed E-state index contributed by atoms with van der Waals surface area (Å²) in [5.41, 5.74) is 1.90. The summed E-state index contributed by atoms with van der Waals surface area (Å²) in [6, 6.07) is 5.48. The lowest BCUT2D eigenvalue weighted by molar-refractivity contribution is -0.214. The normalized spacial score (nSPS) is 9.94. The number of hydrogen-bond acceptors (Lipinski definition) is 3. The molecule has 0 fully saturated rings. The summed E-state index contributed by atoms with van der Waals surface area (Å²) in [5.74, 6) is 0.637. The van der Waals surface area contributed by atoms with Crippen LogP contribution in [0.15, 0.2) is 18.2 Å². The topological polar surface area (TPSA) is 35.5 Å². The van der Waals surface area contributed by atoms with Crippen molar-refractivity contribution in [3.8, 4) is 5.75 Å². The average Bonchev–Trinajstić information content (AvgIpc) is 2.27. The number of alkyl halides is 1. The van der Waals surface area contributed by atoms with Crippen LogP contribution < -0.4 is 4.89 Å². The largest absolute Gasteiger partial charge is 0.355 e. The number of carbonyl (C=O) groups is 1. The Bertz CT molecular complexity index is 363. The van der Waals surface area contributed by atoms with E-state index in [1.807, 2.05) is 26.0 Å². The zero-order chi connectivity index (χ0) is 12.0. The van der Waals surface area contributed by atoms with Crippen LogP contribution in [0, 0.1) is 6.92 Å². The van der Waals surface area contributed by atoms with Crippen LogP contribution in [0.5, 0.6) is 5.75 Å². The van der Waals surface area contributed by atoms with Gasteiger partial charge in [-0.25, -0.2) is 4.79 Å². The molecule has 16 heavy (non-hydrogen) atoms. The van der Waals surface area contributed by atoms with Crippen LogP contribution in [0.4, 0.5) is 0 Å². The zero-order valence-corrected chi connectivity index (χ0v) is 10.2. The second-order valence-electron chi connectivity index (χ2n) is 3.52. The van der Waals surface area contributed by atoms with E-state index >= 15 is 0 Å². The van der Waals surface area contributed by atoms with Gasteiger partial charge in [0.2, 0.25) is 0 Å². The molecule has 0 atom stereocenters. The van der Waals surface area contributed by atoms with Crippen LogP contribution in [0.1, 0.15) is 30.9 Å². The first-order valence-corrected chi connectivity index (χ1v) is 5.73. The fourth-order valence-electron chi connectivity index (χ4n) is 1.23. The molecule has 0 aliphatic heterocycles. The molecule has 1 aromatic carbocycles. The fraction of sp³-hybridized carbons (Fsp3) is 0.417. The lowest BCUT2D eigenvalue weighted by Crippen LogP contribution is -2.07. The van der Waals surface area contributed by atoms with E-state index in [1.165, 1.54) is 0 Å². The lowest BCUT2D eigenvalue weighted by Gasteiger charge is -2.07. The summed E-state index contributed by atoms with van der Waals surface area (Å²) in [6.07, 6.45) is 1.10. The van der Waals surface area contributed by atoms with E-state index in [-0.39, 0.29) is 5.97 Å². The van der Waals surface area contributed by atoms with E-state index in [0.717, 1.165) is 17.5 Å². The summed E-state index contributed by atoms with van der Waals surface area (Å²) in [6.45, 7) is 3.78. The summed E-state index contributed by atoms with van der Waals surface area (Å²) in [5, 5.41) is 0. The fourth-order valence-corrected chi connectivity index (χ4v) is 1.39. The van der Waals surface area contributed by atoms with Crippen molar-refractivity contribution in [1.82, 2.24) is 0 Å². The smallest absolute Gasteiger partial charge is 0.287 e. The monoisotopic (exact) mass is 242 g/mol. The van der Waals surface area contributed by atoms with E-state index < -0.39 is 0 Å². The van der Waals surface area contributed by atoms with Crippen LogP contribution in [0.3, 0.4) is 0 Å². The first-order valence-electron chi connectivity index (χ1n) is 5.20. The minimum atomic E-state index is -0.358. The molecule has 0 radical (unpaired) electrons. The third kappa shape index (κ3) is 3.74. The van der Waals surface area contributed by atoms with Gasteiger partial charge in [0.05, 0.1) is 0 Å². The van der Waals surface area contributed by atoms with Gasteiger partial charge in [-0.05, 0) is 30.5 Å². The van der Waals surface area contributed by atoms with Crippen molar-refractivity contribution in [2.24, 2.45) is 0 Å². The molecular formula is C12H15ClO3. The quantitative estimate of drug-likeness (QED) is 0.451. The maximum absolute atomic E-state index is 11.1. The predicted octanol–water partition coefficient (Wildman–Crippen LogP) is 3.37. The first kappa shape index (κ1) is 12.8. The van der Waals surface area contributed by atoms with Gasteiger partial charge < -0.3 is 0 Å². The van der Waals surface area contributed by atoms with Gasteiger partial charge in [0.15, 0.2) is 5.75 Å². The van der Waals surface area contributed by atoms with Crippen LogP contribution in [-0.2, 0) is 15.6 Å². The van der Waals surface area contributed by atoms with E-state index in [2.05, 4.69) is 4.89 Å². The van der Waals surface area contributed by atoms with Gasteiger partial charge in [-0.15, -0.1) is 11.6 Å². The summed E-state index contributed by atoms with van der Waals surface area (Å²) < 4.78 is 0. The zero-order valence-electron chi connectivity index (χ0n) is 9.46. The van der Waals surface area contributed by atoms with Gasteiger partial charge in [0, 0.05) is 12.3 Å². The Labute approximate surface area is 100 Å². The highest BCUT2D eigenvalue weighted by atomic mass is 35.5. The van der Waals surface area contributed by atoms with Crippen molar-refractivity contribution in [2.45, 2.75) is 32.6 Å². The maximum atomic E-state index is 11.1. The minimum Gasteiger partial charge on any atom is -0.287 e. The molecule has 1 aromatic rings. The number of carbonyl (C=O) groups excluding carboxylic acids is 1. The third-order valence-corrected chi connectivity index (χ3v) is 2.38. The standard InChI is InChI=1S/C12H15ClO3/c1-3-4-12(14)16-15-11-6-5-10(8-13)7-9(11)2/h5-7H,3-4,8H2,1-2H3. The number of rotatable bonds is 5. The van der Waals surface area contributed by atoms with E-state index in [9.17, 15) is 4.79 Å². The minimum absolute atomic E-state index is 0.358. The Kier molecular flexibility index (Phi) is 5.12. The highest BCUT2D eigenvalue weighted by Gasteiger charge is 2.06. The molecule has 0 saturated heterocycles. The van der Waals surface area contributed by atoms with Crippen LogP contribution in [0.2, 0.25) is 0 Å². The summed E-state index contributed by atoms with van der Waals surface area (Å²) >= 11 is 5.69. The van der Waals surface area contributed by atoms with E-state index in [0.29, 0.717) is 18.1 Å². The molecule has 0 spiro atoms. The summed E-state index contributed by atoms with van der Waals surface area (Å²) in [4.78, 5) is 20.7. The molecule has 0 aliphatic rings. The number of halogens is 1. The van der Waals surface area contributed by atoms with Gasteiger partial charge >= 0.3 is 5.97 Å². The van der Waals surface area contributed by atoms with Gasteiger partial charge in [-0.1, -0.05) is 19.1 Å². The predicted molar refractivity (Wildman–Crippen MR) is 62.4 cm³/mol. The Morgan fingerprint density at radius 3 is 2.75 bits per heavy atom. The lowest BCUT2D eigenvalue weighted by atomic mass is 10.1. The highest BCUT2D eigenvalue weighted by Crippen LogP contribution is 2.20. The first-order chi connectivity index (χ1) is 7.67. The molecule has 0 aromatic heterocycles. The van der Waals surface area contributed by atoms with Crippen molar-refractivity contribution in [3.63, 3.8) is 0 Å². The number of benzene rings is 1. The summed E-state index contributed by atoms with van der Waals surface area (Å²) in [7, 11) is 0. The Morgan fingerprint density at radius 2 is 2.19 bits per heavy atom. The molecule has 1 rings (SSSR count). The number of aryl methyl sites for hydroxylation is 1. The van der Waals surface area contributed by atoms with E-state index in [1.54, 1.807) is 6.07 Å². The number of hydrogen-bond donors (Lipinski definition) is 0. The Balaban J connectivity index is 2.57. The average molecular weight is 243 g/mol. The third-order valence-electron chi connectivity index (χ3n) is 2.07.